The van der Waals surface area contributed by atoms with Crippen LogP contribution in [0.5, 0.6) is 0 Å². The number of ether oxygens (including phenoxy) is 2. The number of hydrogen-bond acceptors (Lipinski definition) is 8. The van der Waals surface area contributed by atoms with Crippen molar-refractivity contribution >= 4 is 46.9 Å². The van der Waals surface area contributed by atoms with Crippen molar-refractivity contribution in [2.75, 3.05) is 19.5 Å². The number of carboxylic acids is 1. The molecule has 1 aromatic rings. The molecule has 1 unspecified atom stereocenters. The zero-order valence-corrected chi connectivity index (χ0v) is 16.7. The number of nitrogens with zero attached hydrogens (tertiary/aromatic N) is 1. The molecular weight excluding hydrogens is 408 g/mol. The first kappa shape index (κ1) is 20.4. The maximum atomic E-state index is 12.9. The second-order valence-electron chi connectivity index (χ2n) is 6.12. The first-order valence-electron chi connectivity index (χ1n) is 8.22. The van der Waals surface area contributed by atoms with Crippen LogP contribution in [0.4, 0.5) is 0 Å². The molecule has 1 fully saturated rings. The molecule has 2 atom stereocenters. The van der Waals surface area contributed by atoms with Crippen molar-refractivity contribution in [3.63, 3.8) is 0 Å². The lowest BCUT2D eigenvalue weighted by molar-refractivity contribution is -0.192. The highest BCUT2D eigenvalue weighted by atomic mass is 32.2. The fourth-order valence-electron chi connectivity index (χ4n) is 3.07. The van der Waals surface area contributed by atoms with E-state index in [1.807, 2.05) is 11.4 Å². The van der Waals surface area contributed by atoms with Gasteiger partial charge in [-0.25, -0.2) is 4.79 Å². The second-order valence-corrected chi connectivity index (χ2v) is 8.22. The summed E-state index contributed by atoms with van der Waals surface area (Å²) in [6.07, 6.45) is 0.0901. The molecule has 9 nitrogen and oxygen atoms in total. The van der Waals surface area contributed by atoms with Crippen molar-refractivity contribution in [3.05, 3.63) is 33.7 Å². The maximum Gasteiger partial charge on any atom is 0.352 e. The predicted molar refractivity (Wildman–Crippen MR) is 100 cm³/mol. The Bertz CT molecular complexity index is 852. The van der Waals surface area contributed by atoms with Crippen LogP contribution in [0.2, 0.25) is 0 Å². The van der Waals surface area contributed by atoms with Gasteiger partial charge < -0.3 is 19.9 Å². The van der Waals surface area contributed by atoms with E-state index in [2.05, 4.69) is 5.32 Å². The number of carbonyl (C=O) groups is 4. The zero-order valence-electron chi connectivity index (χ0n) is 15.1. The fourth-order valence-corrected chi connectivity index (χ4v) is 5.19. The minimum Gasteiger partial charge on any atom is -0.477 e. The lowest BCUT2D eigenvalue weighted by atomic mass is 9.98. The van der Waals surface area contributed by atoms with Gasteiger partial charge in [-0.1, -0.05) is 6.07 Å². The van der Waals surface area contributed by atoms with Crippen LogP contribution in [0.1, 0.15) is 11.8 Å². The Morgan fingerprint density at radius 3 is 2.75 bits per heavy atom. The van der Waals surface area contributed by atoms with Crippen LogP contribution in [0.15, 0.2) is 28.8 Å². The molecule has 0 aliphatic carbocycles. The third kappa shape index (κ3) is 3.52. The number of fused-ring (bicyclic) bond motifs is 1. The van der Waals surface area contributed by atoms with Crippen LogP contribution < -0.4 is 5.32 Å². The van der Waals surface area contributed by atoms with Crippen LogP contribution in [0.3, 0.4) is 0 Å². The standard InChI is InChI=1S/C17H18N2O7S2/c1-9(20)26-7-10-8-28-16-17(25-2,15(24)19(16)13(10)14(22)23)18-12(21)6-11-4-3-5-27-11/h3-5,16H,6-8H2,1-2H3,(H,18,21)(H,22,23)/t16?,17-/m0/s1. The fraction of sp³-hybridized carbons (Fsp3) is 0.412. The van der Waals surface area contributed by atoms with Gasteiger partial charge in [0, 0.05) is 30.2 Å². The van der Waals surface area contributed by atoms with Crippen molar-refractivity contribution in [1.82, 2.24) is 10.2 Å². The highest BCUT2D eigenvalue weighted by Crippen LogP contribution is 2.46. The van der Waals surface area contributed by atoms with Crippen molar-refractivity contribution in [2.45, 2.75) is 24.4 Å². The number of carboxylic acid groups (broad SMARTS) is 1. The van der Waals surface area contributed by atoms with Gasteiger partial charge in [-0.2, -0.15) is 0 Å². The molecule has 2 N–H and O–H groups in total. The topological polar surface area (TPSA) is 122 Å². The van der Waals surface area contributed by atoms with Gasteiger partial charge in [-0.3, -0.25) is 19.3 Å². The number of β-lactam (4-membered cyclic amide) rings is 1. The monoisotopic (exact) mass is 426 g/mol. The average Bonchev–Trinajstić information content (AvgIpc) is 3.15. The quantitative estimate of drug-likeness (QED) is 0.369. The molecule has 2 aliphatic heterocycles. The van der Waals surface area contributed by atoms with Gasteiger partial charge in [0.15, 0.2) is 0 Å². The normalized spacial score (nSPS) is 23.7. The van der Waals surface area contributed by atoms with E-state index < -0.39 is 34.9 Å². The summed E-state index contributed by atoms with van der Waals surface area (Å²) >= 11 is 2.65. The molecule has 3 heterocycles. The molecule has 28 heavy (non-hydrogen) atoms. The Morgan fingerprint density at radius 2 is 2.18 bits per heavy atom. The van der Waals surface area contributed by atoms with E-state index in [9.17, 15) is 24.3 Å². The number of thioether (sulfide) groups is 1. The van der Waals surface area contributed by atoms with E-state index in [0.29, 0.717) is 5.57 Å². The average molecular weight is 426 g/mol. The molecule has 0 aromatic carbocycles. The van der Waals surface area contributed by atoms with Gasteiger partial charge in [0.05, 0.1) is 6.42 Å². The van der Waals surface area contributed by atoms with Crippen molar-refractivity contribution in [1.29, 1.82) is 0 Å². The van der Waals surface area contributed by atoms with E-state index in [1.165, 1.54) is 37.1 Å². The summed E-state index contributed by atoms with van der Waals surface area (Å²) in [6.45, 7) is 0.999. The van der Waals surface area contributed by atoms with Gasteiger partial charge in [0.2, 0.25) is 5.91 Å². The highest BCUT2D eigenvalue weighted by molar-refractivity contribution is 8.00. The molecule has 3 rings (SSSR count). The van der Waals surface area contributed by atoms with E-state index in [1.54, 1.807) is 6.07 Å². The van der Waals surface area contributed by atoms with E-state index in [-0.39, 0.29) is 24.5 Å². The summed E-state index contributed by atoms with van der Waals surface area (Å²) in [4.78, 5) is 50.0. The van der Waals surface area contributed by atoms with Gasteiger partial charge in [-0.05, 0) is 11.4 Å². The first-order valence-corrected chi connectivity index (χ1v) is 10.2. The minimum atomic E-state index is -1.63. The molecule has 1 saturated heterocycles. The summed E-state index contributed by atoms with van der Waals surface area (Å²) in [5.74, 6) is -2.72. The Hall–Kier alpha value is -2.37. The van der Waals surface area contributed by atoms with Crippen LogP contribution in [-0.2, 0) is 35.1 Å². The lowest BCUT2D eigenvalue weighted by Gasteiger charge is -2.55. The van der Waals surface area contributed by atoms with Crippen molar-refractivity contribution in [3.8, 4) is 0 Å². The predicted octanol–water partition coefficient (Wildman–Crippen LogP) is 0.566. The Balaban J connectivity index is 1.81. The third-order valence-corrected chi connectivity index (χ3v) is 6.57. The number of rotatable bonds is 7. The van der Waals surface area contributed by atoms with E-state index in [0.717, 1.165) is 9.78 Å². The molecule has 11 heteroatoms. The molecule has 150 valence electrons. The summed E-state index contributed by atoms with van der Waals surface area (Å²) in [5, 5.41) is 13.3. The Kier molecular flexibility index (Phi) is 5.77. The minimum absolute atomic E-state index is 0.0901. The van der Waals surface area contributed by atoms with Gasteiger partial charge in [0.25, 0.3) is 11.6 Å². The zero-order chi connectivity index (χ0) is 20.5. The SMILES string of the molecule is CO[C@@]1(NC(=O)Cc2cccs2)C(=O)N2C(C(=O)O)=C(COC(C)=O)CSC21. The number of esters is 1. The number of thiophene rings is 1. The Labute approximate surface area is 168 Å². The van der Waals surface area contributed by atoms with Gasteiger partial charge in [-0.15, -0.1) is 23.1 Å². The van der Waals surface area contributed by atoms with Crippen LogP contribution in [0.25, 0.3) is 0 Å². The molecule has 2 aliphatic rings. The molecule has 2 amide bonds. The second kappa shape index (κ2) is 7.94. The molecule has 0 spiro atoms. The number of hydrogen-bond donors (Lipinski definition) is 2. The highest BCUT2D eigenvalue weighted by Gasteiger charge is 2.66. The summed E-state index contributed by atoms with van der Waals surface area (Å²) in [5.41, 5.74) is -1.56. The van der Waals surface area contributed by atoms with E-state index in [4.69, 9.17) is 9.47 Å². The summed E-state index contributed by atoms with van der Waals surface area (Å²) in [6, 6.07) is 3.63. The summed E-state index contributed by atoms with van der Waals surface area (Å²) in [7, 11) is 1.29. The number of carbonyl (C=O) groups excluding carboxylic acids is 3. The smallest absolute Gasteiger partial charge is 0.352 e. The third-order valence-electron chi connectivity index (χ3n) is 4.32. The molecular formula is C17H18N2O7S2. The number of amides is 2. The summed E-state index contributed by atoms with van der Waals surface area (Å²) < 4.78 is 10.3. The van der Waals surface area contributed by atoms with Crippen molar-refractivity contribution in [2.24, 2.45) is 0 Å². The van der Waals surface area contributed by atoms with Gasteiger partial charge in [0.1, 0.15) is 17.7 Å². The van der Waals surface area contributed by atoms with Gasteiger partial charge >= 0.3 is 11.9 Å². The number of aliphatic carboxylic acids is 1. The number of methoxy groups -OCH3 is 1. The van der Waals surface area contributed by atoms with Crippen LogP contribution in [-0.4, -0.2) is 64.3 Å². The van der Waals surface area contributed by atoms with E-state index >= 15 is 0 Å². The van der Waals surface area contributed by atoms with Crippen molar-refractivity contribution < 1.29 is 33.8 Å². The molecule has 1 aromatic heterocycles. The first-order chi connectivity index (χ1) is 13.3. The Morgan fingerprint density at radius 1 is 1.43 bits per heavy atom. The lowest BCUT2D eigenvalue weighted by Crippen LogP contribution is -2.80. The van der Waals surface area contributed by atoms with Crippen LogP contribution >= 0.6 is 23.1 Å². The number of nitrogens with one attached hydrogen (secondary N) is 1. The van der Waals surface area contributed by atoms with Crippen LogP contribution in [0, 0.1) is 0 Å². The molecule has 0 bridgehead atoms. The maximum absolute atomic E-state index is 12.9. The molecule has 0 radical (unpaired) electrons. The largest absolute Gasteiger partial charge is 0.477 e. The molecule has 0 saturated carbocycles.